The Hall–Kier alpha value is -1.10. The molecule has 0 aliphatic carbocycles. The highest BCUT2D eigenvalue weighted by atomic mass is 16.5. The molecule has 0 atom stereocenters. The van der Waals surface area contributed by atoms with Crippen molar-refractivity contribution in [2.75, 3.05) is 31.3 Å². The van der Waals surface area contributed by atoms with E-state index in [0.717, 1.165) is 26.3 Å². The first-order chi connectivity index (χ1) is 5.47. The molecule has 0 N–H and O–H groups in total. The highest BCUT2D eigenvalue weighted by Crippen LogP contribution is 1.94. The first-order valence-corrected chi connectivity index (χ1v) is 3.64. The van der Waals surface area contributed by atoms with Crippen LogP contribution < -0.4 is 5.01 Å². The lowest BCUT2D eigenvalue weighted by molar-refractivity contribution is 0.111. The fourth-order valence-corrected chi connectivity index (χ4v) is 1.13. The third-order valence-corrected chi connectivity index (χ3v) is 1.72. The number of hydrogen-bond acceptors (Lipinski definition) is 4. The number of rotatable bonds is 1. The molecule has 0 radical (unpaired) electrons. The van der Waals surface area contributed by atoms with Gasteiger partial charge in [0.25, 0.3) is 0 Å². The van der Waals surface area contributed by atoms with Crippen LogP contribution in [0.2, 0.25) is 0 Å². The average molecular weight is 154 g/mol. The van der Waals surface area contributed by atoms with Gasteiger partial charge in [-0.3, -0.25) is 0 Å². The zero-order chi connectivity index (χ0) is 7.52. The Morgan fingerprint density at radius 2 is 1.73 bits per heavy atom. The van der Waals surface area contributed by atoms with Gasteiger partial charge in [0.2, 0.25) is 0 Å². The minimum atomic E-state index is 0.790. The van der Waals surface area contributed by atoms with Gasteiger partial charge in [-0.05, 0) is 0 Å². The first-order valence-electron chi connectivity index (χ1n) is 3.64. The van der Waals surface area contributed by atoms with Crippen LogP contribution in [-0.4, -0.2) is 41.2 Å². The second kappa shape index (κ2) is 2.87. The smallest absolute Gasteiger partial charge is 0.139 e. The standard InChI is InChI=1S/C6H10N4O/c1-3-11-4-2-9(1)10-5-7-8-6-10/h5-6H,1-4H2. The average Bonchev–Trinajstić information content (AvgIpc) is 2.58. The number of ether oxygens (including phenoxy) is 1. The molecule has 2 rings (SSSR count). The van der Waals surface area contributed by atoms with Crippen molar-refractivity contribution >= 4 is 0 Å². The van der Waals surface area contributed by atoms with Crippen molar-refractivity contribution < 1.29 is 4.74 Å². The number of hydrogen-bond donors (Lipinski definition) is 0. The molecule has 0 aromatic carbocycles. The summed E-state index contributed by atoms with van der Waals surface area (Å²) in [5.74, 6) is 0. The molecule has 1 saturated heterocycles. The molecule has 5 heteroatoms. The summed E-state index contributed by atoms with van der Waals surface area (Å²) < 4.78 is 7.09. The summed E-state index contributed by atoms with van der Waals surface area (Å²) >= 11 is 0. The highest BCUT2D eigenvalue weighted by Gasteiger charge is 2.09. The van der Waals surface area contributed by atoms with E-state index in [9.17, 15) is 0 Å². The van der Waals surface area contributed by atoms with Crippen LogP contribution in [0.4, 0.5) is 0 Å². The second-order valence-electron chi connectivity index (χ2n) is 2.41. The molecule has 1 fully saturated rings. The van der Waals surface area contributed by atoms with Crippen LogP contribution in [0.3, 0.4) is 0 Å². The summed E-state index contributed by atoms with van der Waals surface area (Å²) in [6.45, 7) is 3.41. The summed E-state index contributed by atoms with van der Waals surface area (Å²) in [4.78, 5) is 0. The van der Waals surface area contributed by atoms with Crippen LogP contribution in [0.15, 0.2) is 12.7 Å². The van der Waals surface area contributed by atoms with Gasteiger partial charge >= 0.3 is 0 Å². The molecule has 0 bridgehead atoms. The fourth-order valence-electron chi connectivity index (χ4n) is 1.13. The van der Waals surface area contributed by atoms with Crippen LogP contribution in [0.5, 0.6) is 0 Å². The van der Waals surface area contributed by atoms with Crippen molar-refractivity contribution in [3.8, 4) is 0 Å². The second-order valence-corrected chi connectivity index (χ2v) is 2.41. The number of nitrogens with zero attached hydrogens (tertiary/aromatic N) is 4. The molecule has 11 heavy (non-hydrogen) atoms. The minimum absolute atomic E-state index is 0.790. The van der Waals surface area contributed by atoms with Gasteiger partial charge in [-0.25, -0.2) is 4.68 Å². The molecule has 0 amide bonds. The highest BCUT2D eigenvalue weighted by molar-refractivity contribution is 4.86. The molecule has 1 aliphatic rings. The summed E-state index contributed by atoms with van der Waals surface area (Å²) in [5, 5.41) is 9.60. The van der Waals surface area contributed by atoms with Crippen LogP contribution in [0, 0.1) is 0 Å². The lowest BCUT2D eigenvalue weighted by Gasteiger charge is -2.28. The Balaban J connectivity index is 2.04. The molecule has 5 nitrogen and oxygen atoms in total. The maximum absolute atomic E-state index is 5.20. The van der Waals surface area contributed by atoms with Crippen molar-refractivity contribution in [1.82, 2.24) is 14.9 Å². The lowest BCUT2D eigenvalue weighted by atomic mass is 10.5. The Morgan fingerprint density at radius 3 is 2.36 bits per heavy atom. The van der Waals surface area contributed by atoms with E-state index in [1.165, 1.54) is 0 Å². The maximum Gasteiger partial charge on any atom is 0.139 e. The van der Waals surface area contributed by atoms with Crippen LogP contribution >= 0.6 is 0 Å². The van der Waals surface area contributed by atoms with Gasteiger partial charge in [0.05, 0.1) is 26.3 Å². The number of morpholine rings is 1. The summed E-state index contributed by atoms with van der Waals surface area (Å²) in [6.07, 6.45) is 3.40. The van der Waals surface area contributed by atoms with Crippen molar-refractivity contribution in [2.24, 2.45) is 0 Å². The number of aromatic nitrogens is 3. The summed E-state index contributed by atoms with van der Waals surface area (Å²) in [5.41, 5.74) is 0. The molecule has 1 aromatic rings. The molecule has 0 spiro atoms. The van der Waals surface area contributed by atoms with E-state index in [1.807, 2.05) is 4.68 Å². The molecule has 2 heterocycles. The van der Waals surface area contributed by atoms with Gasteiger partial charge < -0.3 is 9.75 Å². The SMILES string of the molecule is c1nncn1N1CCOCC1. The quantitative estimate of drug-likeness (QED) is 0.533. The minimum Gasteiger partial charge on any atom is -0.378 e. The Kier molecular flexibility index (Phi) is 1.72. The van der Waals surface area contributed by atoms with Gasteiger partial charge in [-0.1, -0.05) is 0 Å². The molecule has 0 saturated carbocycles. The topological polar surface area (TPSA) is 43.2 Å². The molecule has 0 unspecified atom stereocenters. The summed E-state index contributed by atoms with van der Waals surface area (Å²) in [6, 6.07) is 0. The van der Waals surface area contributed by atoms with Gasteiger partial charge in [0, 0.05) is 0 Å². The van der Waals surface area contributed by atoms with Crippen molar-refractivity contribution in [1.29, 1.82) is 0 Å². The van der Waals surface area contributed by atoms with E-state index in [2.05, 4.69) is 15.2 Å². The molecule has 60 valence electrons. The first kappa shape index (κ1) is 6.60. The Labute approximate surface area is 64.6 Å². The zero-order valence-corrected chi connectivity index (χ0v) is 6.18. The predicted octanol–water partition coefficient (Wildman–Crippen LogP) is -0.754. The molecule has 1 aromatic heterocycles. The third-order valence-electron chi connectivity index (χ3n) is 1.72. The Bertz CT molecular complexity index is 204. The van der Waals surface area contributed by atoms with Crippen molar-refractivity contribution in [3.05, 3.63) is 12.7 Å². The van der Waals surface area contributed by atoms with Gasteiger partial charge in [-0.2, -0.15) is 0 Å². The van der Waals surface area contributed by atoms with E-state index >= 15 is 0 Å². The largest absolute Gasteiger partial charge is 0.378 e. The van der Waals surface area contributed by atoms with E-state index in [1.54, 1.807) is 12.7 Å². The van der Waals surface area contributed by atoms with Gasteiger partial charge in [0.15, 0.2) is 0 Å². The molecular weight excluding hydrogens is 144 g/mol. The van der Waals surface area contributed by atoms with Crippen LogP contribution in [0.25, 0.3) is 0 Å². The van der Waals surface area contributed by atoms with E-state index in [-0.39, 0.29) is 0 Å². The van der Waals surface area contributed by atoms with Crippen molar-refractivity contribution in [2.45, 2.75) is 0 Å². The monoisotopic (exact) mass is 154 g/mol. The van der Waals surface area contributed by atoms with Gasteiger partial charge in [-0.15, -0.1) is 10.2 Å². The third kappa shape index (κ3) is 1.32. The zero-order valence-electron chi connectivity index (χ0n) is 6.18. The van der Waals surface area contributed by atoms with E-state index in [0.29, 0.717) is 0 Å². The summed E-state index contributed by atoms with van der Waals surface area (Å²) in [7, 11) is 0. The van der Waals surface area contributed by atoms with Crippen LogP contribution in [-0.2, 0) is 4.74 Å². The normalized spacial score (nSPS) is 18.7. The lowest BCUT2D eigenvalue weighted by Crippen LogP contribution is -2.43. The van der Waals surface area contributed by atoms with E-state index in [4.69, 9.17) is 4.74 Å². The van der Waals surface area contributed by atoms with E-state index < -0.39 is 0 Å². The molecular formula is C6H10N4O. The predicted molar refractivity (Wildman–Crippen MR) is 38.8 cm³/mol. The maximum atomic E-state index is 5.20. The fraction of sp³-hybridized carbons (Fsp3) is 0.667. The Morgan fingerprint density at radius 1 is 1.09 bits per heavy atom. The van der Waals surface area contributed by atoms with Crippen molar-refractivity contribution in [3.63, 3.8) is 0 Å². The van der Waals surface area contributed by atoms with Gasteiger partial charge in [0.1, 0.15) is 12.7 Å². The molecule has 1 aliphatic heterocycles. The van der Waals surface area contributed by atoms with Crippen LogP contribution in [0.1, 0.15) is 0 Å².